The summed E-state index contributed by atoms with van der Waals surface area (Å²) in [7, 11) is 0. The highest BCUT2D eigenvalue weighted by Crippen LogP contribution is 2.09. The second kappa shape index (κ2) is 3.68. The van der Waals surface area contributed by atoms with Gasteiger partial charge < -0.3 is 5.32 Å². The fraction of sp³-hybridized carbons (Fsp3) is 0.500. The van der Waals surface area contributed by atoms with Crippen molar-refractivity contribution >= 4 is 0 Å². The Balaban J connectivity index is 1.94. The molecule has 0 aliphatic carbocycles. The molecular formula is C10H14N2. The summed E-state index contributed by atoms with van der Waals surface area (Å²) in [5.41, 5.74) is 1.21. The summed E-state index contributed by atoms with van der Waals surface area (Å²) in [5, 5.41) is 3.47. The zero-order valence-corrected chi connectivity index (χ0v) is 7.16. The first-order valence-electron chi connectivity index (χ1n) is 4.58. The first kappa shape index (κ1) is 7.74. The van der Waals surface area contributed by atoms with Crippen LogP contribution in [-0.4, -0.2) is 17.6 Å². The molecule has 2 heterocycles. The lowest BCUT2D eigenvalue weighted by molar-refractivity contribution is 0.595. The minimum Gasteiger partial charge on any atom is -0.314 e. The molecule has 0 aromatic carbocycles. The van der Waals surface area contributed by atoms with Gasteiger partial charge in [0.1, 0.15) is 0 Å². The van der Waals surface area contributed by atoms with Crippen molar-refractivity contribution in [3.63, 3.8) is 0 Å². The zero-order chi connectivity index (χ0) is 8.23. The molecule has 1 N–H and O–H groups in total. The third kappa shape index (κ3) is 1.83. The molecule has 2 nitrogen and oxygen atoms in total. The van der Waals surface area contributed by atoms with Crippen LogP contribution in [0.25, 0.3) is 0 Å². The summed E-state index contributed by atoms with van der Waals surface area (Å²) in [6.07, 6.45) is 5.57. The van der Waals surface area contributed by atoms with E-state index in [1.54, 1.807) is 0 Å². The second-order valence-electron chi connectivity index (χ2n) is 3.32. The monoisotopic (exact) mass is 162 g/mol. The van der Waals surface area contributed by atoms with E-state index in [0.717, 1.165) is 6.42 Å². The lowest BCUT2D eigenvalue weighted by Gasteiger charge is -2.08. The van der Waals surface area contributed by atoms with Gasteiger partial charge in [0.15, 0.2) is 0 Å². The van der Waals surface area contributed by atoms with Crippen molar-refractivity contribution < 1.29 is 0 Å². The van der Waals surface area contributed by atoms with Gasteiger partial charge in [0.2, 0.25) is 0 Å². The maximum atomic E-state index is 4.30. The molecule has 1 aliphatic heterocycles. The van der Waals surface area contributed by atoms with Crippen LogP contribution in [0.5, 0.6) is 0 Å². The van der Waals surface area contributed by atoms with Crippen molar-refractivity contribution in [2.45, 2.75) is 25.3 Å². The van der Waals surface area contributed by atoms with Crippen molar-refractivity contribution in [2.24, 2.45) is 0 Å². The Morgan fingerprint density at radius 1 is 1.50 bits per heavy atom. The van der Waals surface area contributed by atoms with Crippen molar-refractivity contribution in [3.05, 3.63) is 30.1 Å². The number of pyridine rings is 1. The summed E-state index contributed by atoms with van der Waals surface area (Å²) < 4.78 is 0. The van der Waals surface area contributed by atoms with E-state index < -0.39 is 0 Å². The van der Waals surface area contributed by atoms with Gasteiger partial charge in [-0.3, -0.25) is 4.98 Å². The number of rotatable bonds is 2. The van der Waals surface area contributed by atoms with Gasteiger partial charge in [-0.05, 0) is 31.5 Å². The Bertz CT molecular complexity index is 227. The lowest BCUT2D eigenvalue weighted by atomic mass is 10.1. The van der Waals surface area contributed by atoms with Crippen LogP contribution in [0.2, 0.25) is 0 Å². The van der Waals surface area contributed by atoms with Gasteiger partial charge in [0, 0.05) is 24.4 Å². The summed E-state index contributed by atoms with van der Waals surface area (Å²) in [4.78, 5) is 4.30. The molecule has 0 amide bonds. The Kier molecular flexibility index (Phi) is 2.37. The summed E-state index contributed by atoms with van der Waals surface area (Å²) in [5.74, 6) is 0. The molecule has 0 saturated carbocycles. The molecule has 1 fully saturated rings. The SMILES string of the molecule is c1ccc(C[C@@H]2CCCN2)nc1. The van der Waals surface area contributed by atoms with E-state index in [-0.39, 0.29) is 0 Å². The van der Waals surface area contributed by atoms with Gasteiger partial charge in [-0.1, -0.05) is 6.07 Å². The number of hydrogen-bond acceptors (Lipinski definition) is 2. The molecule has 0 radical (unpaired) electrons. The van der Waals surface area contributed by atoms with E-state index in [1.165, 1.54) is 25.1 Å². The number of nitrogens with one attached hydrogen (secondary N) is 1. The standard InChI is InChI=1S/C10H14N2/c1-2-6-11-9(4-1)8-10-5-3-7-12-10/h1-2,4,6,10,12H,3,5,7-8H2/t10-/m0/s1. The molecule has 1 aromatic rings. The summed E-state index contributed by atoms with van der Waals surface area (Å²) in [6, 6.07) is 6.78. The van der Waals surface area contributed by atoms with Crippen LogP contribution < -0.4 is 5.32 Å². The normalized spacial score (nSPS) is 22.8. The van der Waals surface area contributed by atoms with E-state index in [0.29, 0.717) is 6.04 Å². The van der Waals surface area contributed by atoms with E-state index in [2.05, 4.69) is 22.4 Å². The van der Waals surface area contributed by atoms with Gasteiger partial charge in [0.05, 0.1) is 0 Å². The third-order valence-electron chi connectivity index (χ3n) is 2.34. The van der Waals surface area contributed by atoms with E-state index in [9.17, 15) is 0 Å². The predicted molar refractivity (Wildman–Crippen MR) is 49.0 cm³/mol. The first-order valence-corrected chi connectivity index (χ1v) is 4.58. The summed E-state index contributed by atoms with van der Waals surface area (Å²) >= 11 is 0. The Morgan fingerprint density at radius 3 is 3.17 bits per heavy atom. The van der Waals surface area contributed by atoms with Crippen LogP contribution in [0, 0.1) is 0 Å². The molecule has 2 heteroatoms. The maximum Gasteiger partial charge on any atom is 0.0419 e. The average Bonchev–Trinajstić information content (AvgIpc) is 2.59. The Hall–Kier alpha value is -0.890. The number of nitrogens with zero attached hydrogens (tertiary/aromatic N) is 1. The lowest BCUT2D eigenvalue weighted by Crippen LogP contribution is -2.23. The van der Waals surface area contributed by atoms with Crippen molar-refractivity contribution in [1.82, 2.24) is 10.3 Å². The topological polar surface area (TPSA) is 24.9 Å². The molecule has 0 bridgehead atoms. The van der Waals surface area contributed by atoms with Crippen LogP contribution in [0.1, 0.15) is 18.5 Å². The van der Waals surface area contributed by atoms with Crippen LogP contribution in [-0.2, 0) is 6.42 Å². The first-order chi connectivity index (χ1) is 5.95. The molecule has 2 rings (SSSR count). The smallest absolute Gasteiger partial charge is 0.0419 e. The van der Waals surface area contributed by atoms with Crippen molar-refractivity contribution in [2.75, 3.05) is 6.54 Å². The minimum absolute atomic E-state index is 0.667. The van der Waals surface area contributed by atoms with E-state index >= 15 is 0 Å². The molecule has 64 valence electrons. The number of aromatic nitrogens is 1. The van der Waals surface area contributed by atoms with Crippen LogP contribution in [0.4, 0.5) is 0 Å². The highest BCUT2D eigenvalue weighted by atomic mass is 14.9. The van der Waals surface area contributed by atoms with Crippen LogP contribution in [0.3, 0.4) is 0 Å². The largest absolute Gasteiger partial charge is 0.314 e. The number of hydrogen-bond donors (Lipinski definition) is 1. The van der Waals surface area contributed by atoms with Crippen molar-refractivity contribution in [3.8, 4) is 0 Å². The highest BCUT2D eigenvalue weighted by molar-refractivity contribution is 5.05. The zero-order valence-electron chi connectivity index (χ0n) is 7.16. The fourth-order valence-corrected chi connectivity index (χ4v) is 1.70. The van der Waals surface area contributed by atoms with Gasteiger partial charge >= 0.3 is 0 Å². The van der Waals surface area contributed by atoms with Crippen LogP contribution in [0.15, 0.2) is 24.4 Å². The quantitative estimate of drug-likeness (QED) is 0.710. The molecule has 12 heavy (non-hydrogen) atoms. The van der Waals surface area contributed by atoms with Gasteiger partial charge in [0.25, 0.3) is 0 Å². The van der Waals surface area contributed by atoms with E-state index in [1.807, 2.05) is 12.3 Å². The summed E-state index contributed by atoms with van der Waals surface area (Å²) in [6.45, 7) is 1.18. The second-order valence-corrected chi connectivity index (χ2v) is 3.32. The minimum atomic E-state index is 0.667. The molecule has 1 aromatic heterocycles. The molecule has 0 spiro atoms. The molecule has 1 saturated heterocycles. The average molecular weight is 162 g/mol. The predicted octanol–water partition coefficient (Wildman–Crippen LogP) is 1.38. The molecule has 1 aliphatic rings. The highest BCUT2D eigenvalue weighted by Gasteiger charge is 2.14. The maximum absolute atomic E-state index is 4.30. The van der Waals surface area contributed by atoms with Crippen LogP contribution >= 0.6 is 0 Å². The molecule has 0 unspecified atom stereocenters. The fourth-order valence-electron chi connectivity index (χ4n) is 1.70. The Labute approximate surface area is 73.0 Å². The van der Waals surface area contributed by atoms with Gasteiger partial charge in [-0.25, -0.2) is 0 Å². The van der Waals surface area contributed by atoms with Crippen molar-refractivity contribution in [1.29, 1.82) is 0 Å². The van der Waals surface area contributed by atoms with Gasteiger partial charge in [-0.2, -0.15) is 0 Å². The van der Waals surface area contributed by atoms with Gasteiger partial charge in [-0.15, -0.1) is 0 Å². The third-order valence-corrected chi connectivity index (χ3v) is 2.34. The molecule has 1 atom stereocenters. The van der Waals surface area contributed by atoms with E-state index in [4.69, 9.17) is 0 Å². The Morgan fingerprint density at radius 2 is 2.50 bits per heavy atom. The molecular weight excluding hydrogens is 148 g/mol.